The van der Waals surface area contributed by atoms with Crippen molar-refractivity contribution in [3.05, 3.63) is 12.2 Å². The van der Waals surface area contributed by atoms with Crippen LogP contribution >= 0.6 is 0 Å². The Hall–Kier alpha value is -0.260. The minimum Gasteiger partial charge on any atom is -0.0996 e. The first kappa shape index (κ1) is 13.4. The second-order valence-electron chi connectivity index (χ2n) is 9.54. The van der Waals surface area contributed by atoms with Crippen molar-refractivity contribution in [2.45, 2.75) is 78.6 Å². The van der Waals surface area contributed by atoms with Crippen LogP contribution in [0.25, 0.3) is 0 Å². The zero-order valence-corrected chi connectivity index (χ0v) is 13.8. The Morgan fingerprint density at radius 2 is 1.85 bits per heavy atom. The SMILES string of the molecule is C=C1CCC23C[C@@H]1C[C@@H]2CC[C@H]1C(C)(C)CCC[C@@]13C. The second-order valence-corrected chi connectivity index (χ2v) is 9.54. The number of hydrogen-bond donors (Lipinski definition) is 0. The molecule has 5 atom stereocenters. The lowest BCUT2D eigenvalue weighted by Crippen LogP contribution is -2.57. The Balaban J connectivity index is 1.79. The van der Waals surface area contributed by atoms with Gasteiger partial charge in [0.1, 0.15) is 0 Å². The molecule has 0 heteroatoms. The molecule has 0 aromatic rings. The van der Waals surface area contributed by atoms with Gasteiger partial charge in [-0.3, -0.25) is 0 Å². The molecule has 20 heavy (non-hydrogen) atoms. The van der Waals surface area contributed by atoms with E-state index in [2.05, 4.69) is 27.4 Å². The summed E-state index contributed by atoms with van der Waals surface area (Å²) in [6, 6.07) is 0. The summed E-state index contributed by atoms with van der Waals surface area (Å²) >= 11 is 0. The second kappa shape index (κ2) is 3.93. The molecule has 1 unspecified atom stereocenters. The van der Waals surface area contributed by atoms with Crippen LogP contribution < -0.4 is 0 Å². The van der Waals surface area contributed by atoms with Gasteiger partial charge in [-0.25, -0.2) is 0 Å². The Bertz CT molecular complexity index is 445. The zero-order chi connectivity index (χ0) is 14.2. The third-order valence-corrected chi connectivity index (χ3v) is 8.60. The Morgan fingerprint density at radius 1 is 1.05 bits per heavy atom. The Labute approximate surface area is 125 Å². The summed E-state index contributed by atoms with van der Waals surface area (Å²) in [6.45, 7) is 12.3. The quantitative estimate of drug-likeness (QED) is 0.476. The third-order valence-electron chi connectivity index (χ3n) is 8.60. The van der Waals surface area contributed by atoms with Crippen molar-refractivity contribution in [2.24, 2.45) is 34.0 Å². The maximum atomic E-state index is 4.40. The third kappa shape index (κ3) is 1.44. The highest BCUT2D eigenvalue weighted by Gasteiger charge is 2.65. The number of fused-ring (bicyclic) bond motifs is 2. The molecule has 4 saturated carbocycles. The smallest absolute Gasteiger partial charge is 0.0197 e. The van der Waals surface area contributed by atoms with Gasteiger partial charge in [0.25, 0.3) is 0 Å². The molecule has 0 heterocycles. The first-order valence-electron chi connectivity index (χ1n) is 9.07. The summed E-state index contributed by atoms with van der Waals surface area (Å²) in [5.74, 6) is 2.89. The van der Waals surface area contributed by atoms with Crippen molar-refractivity contribution in [1.29, 1.82) is 0 Å². The lowest BCUT2D eigenvalue weighted by Gasteiger charge is -2.65. The normalized spacial score (nSPS) is 53.4. The lowest BCUT2D eigenvalue weighted by molar-refractivity contribution is -0.155. The molecule has 4 aliphatic rings. The highest BCUT2D eigenvalue weighted by molar-refractivity contribution is 5.22. The van der Waals surface area contributed by atoms with E-state index in [-0.39, 0.29) is 0 Å². The maximum absolute atomic E-state index is 4.40. The summed E-state index contributed by atoms with van der Waals surface area (Å²) in [5, 5.41) is 0. The average Bonchev–Trinajstić information content (AvgIpc) is 2.70. The molecule has 0 aromatic heterocycles. The average molecular weight is 272 g/mol. The molecule has 4 rings (SSSR count). The van der Waals surface area contributed by atoms with Gasteiger partial charge in [-0.05, 0) is 85.4 Å². The predicted molar refractivity (Wildman–Crippen MR) is 85.5 cm³/mol. The van der Waals surface area contributed by atoms with Crippen LogP contribution in [0.4, 0.5) is 0 Å². The minimum absolute atomic E-state index is 0.583. The van der Waals surface area contributed by atoms with Crippen LogP contribution in [0.15, 0.2) is 12.2 Å². The highest BCUT2D eigenvalue weighted by atomic mass is 14.7. The van der Waals surface area contributed by atoms with Gasteiger partial charge in [-0.15, -0.1) is 0 Å². The van der Waals surface area contributed by atoms with E-state index < -0.39 is 0 Å². The zero-order valence-electron chi connectivity index (χ0n) is 13.8. The van der Waals surface area contributed by atoms with Gasteiger partial charge < -0.3 is 0 Å². The highest BCUT2D eigenvalue weighted by Crippen LogP contribution is 2.74. The molecular formula is C20H32. The van der Waals surface area contributed by atoms with Crippen molar-refractivity contribution in [2.75, 3.05) is 0 Å². The van der Waals surface area contributed by atoms with Crippen molar-refractivity contribution >= 4 is 0 Å². The largest absolute Gasteiger partial charge is 0.0996 e. The predicted octanol–water partition coefficient (Wildman–Crippen LogP) is 5.98. The summed E-state index contributed by atoms with van der Waals surface area (Å²) in [7, 11) is 0. The van der Waals surface area contributed by atoms with Gasteiger partial charge in [0.2, 0.25) is 0 Å². The van der Waals surface area contributed by atoms with Crippen LogP contribution in [0.5, 0.6) is 0 Å². The molecule has 2 bridgehead atoms. The molecular weight excluding hydrogens is 240 g/mol. The molecule has 0 N–H and O–H groups in total. The summed E-state index contributed by atoms with van der Waals surface area (Å²) in [6.07, 6.45) is 13.3. The molecule has 0 radical (unpaired) electrons. The number of rotatable bonds is 0. The molecule has 0 nitrogen and oxygen atoms in total. The number of hydrogen-bond acceptors (Lipinski definition) is 0. The van der Waals surface area contributed by atoms with Gasteiger partial charge >= 0.3 is 0 Å². The van der Waals surface area contributed by atoms with E-state index in [1.165, 1.54) is 57.8 Å². The van der Waals surface area contributed by atoms with Crippen molar-refractivity contribution in [3.8, 4) is 0 Å². The van der Waals surface area contributed by atoms with Crippen molar-refractivity contribution < 1.29 is 0 Å². The van der Waals surface area contributed by atoms with Crippen LogP contribution in [0.3, 0.4) is 0 Å². The van der Waals surface area contributed by atoms with Crippen LogP contribution in [0, 0.1) is 34.0 Å². The van der Waals surface area contributed by atoms with Gasteiger partial charge in [-0.1, -0.05) is 39.3 Å². The summed E-state index contributed by atoms with van der Waals surface area (Å²) < 4.78 is 0. The molecule has 0 aliphatic heterocycles. The molecule has 1 spiro atoms. The molecule has 0 saturated heterocycles. The lowest BCUT2D eigenvalue weighted by atomic mass is 9.40. The fraction of sp³-hybridized carbons (Fsp3) is 0.900. The molecule has 4 fully saturated rings. The molecule has 4 aliphatic carbocycles. The van der Waals surface area contributed by atoms with E-state index in [1.807, 2.05) is 0 Å². The van der Waals surface area contributed by atoms with Gasteiger partial charge in [0.15, 0.2) is 0 Å². The van der Waals surface area contributed by atoms with E-state index in [4.69, 9.17) is 0 Å². The van der Waals surface area contributed by atoms with Gasteiger partial charge in [-0.2, -0.15) is 0 Å². The summed E-state index contributed by atoms with van der Waals surface area (Å²) in [4.78, 5) is 0. The topological polar surface area (TPSA) is 0 Å². The fourth-order valence-electron chi connectivity index (χ4n) is 7.64. The van der Waals surface area contributed by atoms with E-state index in [0.29, 0.717) is 16.2 Å². The molecule has 0 aromatic carbocycles. The van der Waals surface area contributed by atoms with Crippen LogP contribution in [0.1, 0.15) is 78.6 Å². The van der Waals surface area contributed by atoms with Crippen LogP contribution in [0.2, 0.25) is 0 Å². The summed E-state index contributed by atoms with van der Waals surface area (Å²) in [5.41, 5.74) is 3.51. The van der Waals surface area contributed by atoms with E-state index >= 15 is 0 Å². The Morgan fingerprint density at radius 3 is 2.65 bits per heavy atom. The number of allylic oxidation sites excluding steroid dienone is 1. The van der Waals surface area contributed by atoms with E-state index in [0.717, 1.165) is 17.8 Å². The monoisotopic (exact) mass is 272 g/mol. The standard InChI is InChI=1S/C20H32/c1-14-8-11-20-13-15(14)12-16(20)6-7-17-18(2,3)9-5-10-19(17,20)4/h15-17H,1,5-13H2,2-4H3/t15-,16-,17-,19-,20?/m0/s1. The van der Waals surface area contributed by atoms with Gasteiger partial charge in [0.05, 0.1) is 0 Å². The van der Waals surface area contributed by atoms with Crippen LogP contribution in [-0.2, 0) is 0 Å². The fourth-order valence-corrected chi connectivity index (χ4v) is 7.64. The van der Waals surface area contributed by atoms with Crippen molar-refractivity contribution in [3.63, 3.8) is 0 Å². The van der Waals surface area contributed by atoms with Crippen LogP contribution in [-0.4, -0.2) is 0 Å². The van der Waals surface area contributed by atoms with Gasteiger partial charge in [0, 0.05) is 0 Å². The van der Waals surface area contributed by atoms with Crippen molar-refractivity contribution in [1.82, 2.24) is 0 Å². The van der Waals surface area contributed by atoms with E-state index in [1.54, 1.807) is 5.57 Å². The minimum atomic E-state index is 0.583. The Kier molecular flexibility index (Phi) is 2.63. The first-order chi connectivity index (χ1) is 9.39. The first-order valence-corrected chi connectivity index (χ1v) is 9.07. The van der Waals surface area contributed by atoms with E-state index in [9.17, 15) is 0 Å². The molecule has 0 amide bonds. The molecule has 112 valence electrons. The maximum Gasteiger partial charge on any atom is -0.0197 e.